The van der Waals surface area contributed by atoms with Crippen molar-refractivity contribution in [1.29, 1.82) is 0 Å². The monoisotopic (exact) mass is 325 g/mol. The molecular formula is C17H15N3O2S. The molecule has 4 rings (SSSR count). The lowest BCUT2D eigenvalue weighted by Crippen LogP contribution is -2.09. The fourth-order valence-electron chi connectivity index (χ4n) is 3.11. The molecule has 0 unspecified atom stereocenters. The van der Waals surface area contributed by atoms with E-state index in [1.807, 2.05) is 32.0 Å². The summed E-state index contributed by atoms with van der Waals surface area (Å²) in [5.74, 6) is 0.545. The molecule has 0 aliphatic carbocycles. The van der Waals surface area contributed by atoms with Crippen LogP contribution in [0.2, 0.25) is 0 Å². The van der Waals surface area contributed by atoms with E-state index in [1.54, 1.807) is 11.3 Å². The Kier molecular flexibility index (Phi) is 3.09. The van der Waals surface area contributed by atoms with Gasteiger partial charge in [0.05, 0.1) is 11.8 Å². The summed E-state index contributed by atoms with van der Waals surface area (Å²) in [7, 11) is 0. The first-order valence-electron chi connectivity index (χ1n) is 7.52. The van der Waals surface area contributed by atoms with Gasteiger partial charge in [0, 0.05) is 16.1 Å². The zero-order valence-electron chi connectivity index (χ0n) is 12.8. The molecule has 0 bridgehead atoms. The third kappa shape index (κ3) is 2.17. The van der Waals surface area contributed by atoms with Crippen LogP contribution < -0.4 is 10.9 Å². The number of benzene rings is 1. The molecule has 3 aromatic rings. The van der Waals surface area contributed by atoms with Crippen molar-refractivity contribution >= 4 is 33.1 Å². The number of thiophene rings is 1. The molecule has 2 aromatic heterocycles. The Morgan fingerprint density at radius 2 is 2.13 bits per heavy atom. The molecule has 23 heavy (non-hydrogen) atoms. The minimum Gasteiger partial charge on any atom is -0.326 e. The van der Waals surface area contributed by atoms with Crippen LogP contribution in [0, 0.1) is 6.92 Å². The highest BCUT2D eigenvalue weighted by Gasteiger charge is 2.19. The van der Waals surface area contributed by atoms with E-state index < -0.39 is 0 Å². The molecule has 0 spiro atoms. The number of hydrogen-bond donors (Lipinski definition) is 2. The molecule has 1 aliphatic rings. The smallest absolute Gasteiger partial charge is 0.260 e. The summed E-state index contributed by atoms with van der Waals surface area (Å²) < 4.78 is 0. The van der Waals surface area contributed by atoms with Crippen LogP contribution in [0.5, 0.6) is 0 Å². The number of nitrogens with one attached hydrogen (secondary N) is 2. The number of fused-ring (bicyclic) bond motifs is 2. The molecule has 3 heterocycles. The van der Waals surface area contributed by atoms with Gasteiger partial charge >= 0.3 is 0 Å². The first-order valence-corrected chi connectivity index (χ1v) is 8.34. The fraction of sp³-hybridized carbons (Fsp3) is 0.235. The van der Waals surface area contributed by atoms with E-state index in [4.69, 9.17) is 0 Å². The van der Waals surface area contributed by atoms with Crippen molar-refractivity contribution in [3.05, 3.63) is 44.6 Å². The lowest BCUT2D eigenvalue weighted by atomic mass is 10.1. The maximum absolute atomic E-state index is 12.5. The van der Waals surface area contributed by atoms with E-state index in [2.05, 4.69) is 15.3 Å². The minimum atomic E-state index is -0.0964. The lowest BCUT2D eigenvalue weighted by molar-refractivity contribution is -0.115. The molecule has 0 atom stereocenters. The van der Waals surface area contributed by atoms with E-state index in [0.717, 1.165) is 38.5 Å². The van der Waals surface area contributed by atoms with Crippen LogP contribution in [0.3, 0.4) is 0 Å². The number of H-pyrrole nitrogens is 1. The van der Waals surface area contributed by atoms with E-state index in [0.29, 0.717) is 17.6 Å². The first-order chi connectivity index (χ1) is 11.1. The molecule has 1 amide bonds. The summed E-state index contributed by atoms with van der Waals surface area (Å²) >= 11 is 1.55. The number of aromatic nitrogens is 2. The molecular weight excluding hydrogens is 310 g/mol. The van der Waals surface area contributed by atoms with Gasteiger partial charge in [0.15, 0.2) is 0 Å². The normalized spacial score (nSPS) is 13.4. The van der Waals surface area contributed by atoms with Gasteiger partial charge in [0.25, 0.3) is 5.56 Å². The van der Waals surface area contributed by atoms with Gasteiger partial charge in [0.2, 0.25) is 5.91 Å². The molecule has 6 heteroatoms. The van der Waals surface area contributed by atoms with Gasteiger partial charge < -0.3 is 10.3 Å². The first kappa shape index (κ1) is 14.1. The summed E-state index contributed by atoms with van der Waals surface area (Å²) in [6, 6.07) is 5.64. The van der Waals surface area contributed by atoms with E-state index in [1.165, 1.54) is 0 Å². The Hall–Kier alpha value is -2.47. The Labute approximate surface area is 136 Å². The Balaban J connectivity index is 1.89. The Morgan fingerprint density at radius 1 is 1.30 bits per heavy atom. The maximum atomic E-state index is 12.5. The second-order valence-corrected chi connectivity index (χ2v) is 6.89. The number of carbonyl (C=O) groups is 1. The van der Waals surface area contributed by atoms with Crippen LogP contribution in [0.25, 0.3) is 21.6 Å². The summed E-state index contributed by atoms with van der Waals surface area (Å²) in [5, 5.41) is 3.51. The third-order valence-electron chi connectivity index (χ3n) is 4.22. The number of carbonyl (C=O) groups excluding carboxylic acids is 1. The number of nitrogens with zero attached hydrogens (tertiary/aromatic N) is 1. The van der Waals surface area contributed by atoms with Crippen molar-refractivity contribution < 1.29 is 4.79 Å². The number of hydrogen-bond acceptors (Lipinski definition) is 4. The van der Waals surface area contributed by atoms with Gasteiger partial charge in [-0.25, -0.2) is 4.98 Å². The average molecular weight is 325 g/mol. The van der Waals surface area contributed by atoms with Crippen LogP contribution in [-0.2, 0) is 17.6 Å². The minimum absolute atomic E-state index is 0.00414. The second kappa shape index (κ2) is 5.03. The maximum Gasteiger partial charge on any atom is 0.260 e. The Bertz CT molecular complexity index is 1020. The molecule has 1 aliphatic heterocycles. The molecule has 0 saturated heterocycles. The van der Waals surface area contributed by atoms with Crippen LogP contribution in [-0.4, -0.2) is 15.9 Å². The summed E-state index contributed by atoms with van der Waals surface area (Å²) in [6.45, 7) is 4.07. The number of amides is 1. The lowest BCUT2D eigenvalue weighted by Gasteiger charge is -2.04. The topological polar surface area (TPSA) is 74.8 Å². The van der Waals surface area contributed by atoms with Gasteiger partial charge in [0.1, 0.15) is 10.7 Å². The molecule has 116 valence electrons. The Morgan fingerprint density at radius 3 is 2.91 bits per heavy atom. The average Bonchev–Trinajstić information content (AvgIpc) is 3.04. The van der Waals surface area contributed by atoms with Gasteiger partial charge in [-0.2, -0.15) is 0 Å². The van der Waals surface area contributed by atoms with Crippen LogP contribution in [0.4, 0.5) is 5.69 Å². The van der Waals surface area contributed by atoms with Crippen LogP contribution in [0.1, 0.15) is 22.9 Å². The third-order valence-corrected chi connectivity index (χ3v) is 5.26. The molecule has 0 saturated carbocycles. The molecule has 0 fully saturated rings. The highest BCUT2D eigenvalue weighted by molar-refractivity contribution is 7.18. The predicted molar refractivity (Wildman–Crippen MR) is 92.1 cm³/mol. The summed E-state index contributed by atoms with van der Waals surface area (Å²) in [4.78, 5) is 33.4. The SMILES string of the molecule is CCc1c(C)sc2nc(-c3ccc4c(c3)CC(=O)N4)[nH]c(=O)c12. The van der Waals surface area contributed by atoms with Crippen LogP contribution >= 0.6 is 11.3 Å². The standard InChI is InChI=1S/C17H15N3O2S/c1-3-11-8(2)23-17-14(11)16(22)19-15(20-17)9-4-5-12-10(6-9)7-13(21)18-12/h4-6H,3,7H2,1-2H3,(H,18,21)(H,19,20,22). The van der Waals surface area contributed by atoms with Crippen molar-refractivity contribution in [2.24, 2.45) is 0 Å². The molecule has 5 nitrogen and oxygen atoms in total. The van der Waals surface area contributed by atoms with Gasteiger partial charge in [-0.05, 0) is 42.7 Å². The second-order valence-electron chi connectivity index (χ2n) is 5.68. The van der Waals surface area contributed by atoms with E-state index in [9.17, 15) is 9.59 Å². The molecule has 0 radical (unpaired) electrons. The number of rotatable bonds is 2. The number of aryl methyl sites for hydroxylation is 2. The number of anilines is 1. The van der Waals surface area contributed by atoms with Crippen molar-refractivity contribution in [1.82, 2.24) is 9.97 Å². The van der Waals surface area contributed by atoms with Crippen molar-refractivity contribution in [3.8, 4) is 11.4 Å². The van der Waals surface area contributed by atoms with Gasteiger partial charge in [-0.1, -0.05) is 6.92 Å². The van der Waals surface area contributed by atoms with Crippen molar-refractivity contribution in [2.75, 3.05) is 5.32 Å². The largest absolute Gasteiger partial charge is 0.326 e. The molecule has 1 aromatic carbocycles. The van der Waals surface area contributed by atoms with Crippen LogP contribution in [0.15, 0.2) is 23.0 Å². The van der Waals surface area contributed by atoms with E-state index >= 15 is 0 Å². The number of aromatic amines is 1. The fourth-order valence-corrected chi connectivity index (χ4v) is 4.23. The van der Waals surface area contributed by atoms with Crippen molar-refractivity contribution in [2.45, 2.75) is 26.7 Å². The highest BCUT2D eigenvalue weighted by atomic mass is 32.1. The summed E-state index contributed by atoms with van der Waals surface area (Å²) in [6.07, 6.45) is 1.19. The summed E-state index contributed by atoms with van der Waals surface area (Å²) in [5.41, 5.74) is 3.58. The van der Waals surface area contributed by atoms with Crippen molar-refractivity contribution in [3.63, 3.8) is 0 Å². The van der Waals surface area contributed by atoms with E-state index in [-0.39, 0.29) is 11.5 Å². The zero-order valence-corrected chi connectivity index (χ0v) is 13.6. The van der Waals surface area contributed by atoms with Gasteiger partial charge in [-0.3, -0.25) is 9.59 Å². The highest BCUT2D eigenvalue weighted by Crippen LogP contribution is 2.30. The molecule has 2 N–H and O–H groups in total. The quantitative estimate of drug-likeness (QED) is 0.760. The zero-order chi connectivity index (χ0) is 16.1. The predicted octanol–water partition coefficient (Wildman–Crippen LogP) is 3.02. The van der Waals surface area contributed by atoms with Gasteiger partial charge in [-0.15, -0.1) is 11.3 Å².